The second kappa shape index (κ2) is 8.74. The summed E-state index contributed by atoms with van der Waals surface area (Å²) in [4.78, 5) is 14.1. The van der Waals surface area contributed by atoms with Gasteiger partial charge in [-0.25, -0.2) is 0 Å². The number of amides is 1. The highest BCUT2D eigenvalue weighted by molar-refractivity contribution is 7.98. The summed E-state index contributed by atoms with van der Waals surface area (Å²) >= 11 is 1.71. The first-order valence-electron chi connectivity index (χ1n) is 6.48. The number of morpholine rings is 1. The molecule has 0 spiro atoms. The topological polar surface area (TPSA) is 67.6 Å². The van der Waals surface area contributed by atoms with E-state index in [9.17, 15) is 4.79 Å². The maximum atomic E-state index is 11.8. The summed E-state index contributed by atoms with van der Waals surface area (Å²) in [6.07, 6.45) is 2.75. The number of nitrogens with zero attached hydrogens (tertiary/aromatic N) is 1. The zero-order chi connectivity index (χ0) is 13.4. The minimum atomic E-state index is -0.385. The van der Waals surface area contributed by atoms with Crippen LogP contribution >= 0.6 is 11.8 Å². The van der Waals surface area contributed by atoms with E-state index in [1.807, 2.05) is 13.2 Å². The van der Waals surface area contributed by atoms with Crippen LogP contribution in [0.2, 0.25) is 0 Å². The lowest BCUT2D eigenvalue weighted by molar-refractivity contribution is -0.123. The molecule has 0 aromatic heterocycles. The molecule has 1 rings (SSSR count). The zero-order valence-electron chi connectivity index (χ0n) is 11.4. The predicted molar refractivity (Wildman–Crippen MR) is 75.8 cm³/mol. The Morgan fingerprint density at radius 1 is 1.50 bits per heavy atom. The van der Waals surface area contributed by atoms with Gasteiger partial charge in [-0.15, -0.1) is 0 Å². The van der Waals surface area contributed by atoms with Crippen LogP contribution < -0.4 is 11.1 Å². The molecule has 0 aromatic rings. The Kier molecular flexibility index (Phi) is 7.65. The fourth-order valence-electron chi connectivity index (χ4n) is 1.94. The number of rotatable bonds is 7. The third kappa shape index (κ3) is 6.04. The molecular formula is C12H25N3O2S. The molecule has 2 atom stereocenters. The van der Waals surface area contributed by atoms with Gasteiger partial charge in [0, 0.05) is 25.7 Å². The monoisotopic (exact) mass is 275 g/mol. The molecule has 1 aliphatic rings. The summed E-state index contributed by atoms with van der Waals surface area (Å²) in [5.41, 5.74) is 5.83. The van der Waals surface area contributed by atoms with Gasteiger partial charge >= 0.3 is 0 Å². The van der Waals surface area contributed by atoms with E-state index in [0.717, 1.165) is 45.0 Å². The summed E-state index contributed by atoms with van der Waals surface area (Å²) < 4.78 is 5.29. The molecule has 1 unspecified atom stereocenters. The standard InChI is InChI=1S/C12H25N3O2S/c1-10(9-15-4-6-17-7-5-15)14-12(16)11(13)3-8-18-2/h10-11H,3-9,13H2,1-2H3,(H,14,16)/t10?,11-/m0/s1. The molecule has 1 fully saturated rings. The Balaban J connectivity index is 2.21. The minimum absolute atomic E-state index is 0.0372. The van der Waals surface area contributed by atoms with Crippen molar-refractivity contribution < 1.29 is 9.53 Å². The van der Waals surface area contributed by atoms with E-state index in [1.54, 1.807) is 11.8 Å². The molecular weight excluding hydrogens is 250 g/mol. The van der Waals surface area contributed by atoms with Crippen molar-refractivity contribution in [3.05, 3.63) is 0 Å². The highest BCUT2D eigenvalue weighted by Crippen LogP contribution is 2.01. The first-order valence-corrected chi connectivity index (χ1v) is 7.88. The fourth-order valence-corrected chi connectivity index (χ4v) is 2.43. The Morgan fingerprint density at radius 3 is 2.78 bits per heavy atom. The average Bonchev–Trinajstić information content (AvgIpc) is 2.36. The third-order valence-corrected chi connectivity index (χ3v) is 3.64. The first kappa shape index (κ1) is 15.8. The van der Waals surface area contributed by atoms with Crippen LogP contribution in [0.3, 0.4) is 0 Å². The van der Waals surface area contributed by atoms with Gasteiger partial charge in [0.05, 0.1) is 19.3 Å². The average molecular weight is 275 g/mol. The number of hydrogen-bond acceptors (Lipinski definition) is 5. The fraction of sp³-hybridized carbons (Fsp3) is 0.917. The Bertz CT molecular complexity index is 247. The second-order valence-corrected chi connectivity index (χ2v) is 5.70. The lowest BCUT2D eigenvalue weighted by atomic mass is 10.2. The van der Waals surface area contributed by atoms with Crippen molar-refractivity contribution in [2.45, 2.75) is 25.4 Å². The van der Waals surface area contributed by atoms with Gasteiger partial charge in [-0.1, -0.05) is 0 Å². The van der Waals surface area contributed by atoms with Crippen LogP contribution in [-0.4, -0.2) is 67.7 Å². The van der Waals surface area contributed by atoms with Crippen molar-refractivity contribution in [1.82, 2.24) is 10.2 Å². The molecule has 5 nitrogen and oxygen atoms in total. The van der Waals surface area contributed by atoms with E-state index >= 15 is 0 Å². The number of carbonyl (C=O) groups is 1. The van der Waals surface area contributed by atoms with Crippen molar-refractivity contribution in [2.75, 3.05) is 44.9 Å². The summed E-state index contributed by atoms with van der Waals surface area (Å²) in [5.74, 6) is 0.886. The van der Waals surface area contributed by atoms with Gasteiger partial charge in [-0.3, -0.25) is 9.69 Å². The van der Waals surface area contributed by atoms with Crippen LogP contribution in [0.4, 0.5) is 0 Å². The van der Waals surface area contributed by atoms with E-state index in [2.05, 4.69) is 10.2 Å². The number of carbonyl (C=O) groups excluding carboxylic acids is 1. The number of nitrogens with two attached hydrogens (primary N) is 1. The van der Waals surface area contributed by atoms with Crippen molar-refractivity contribution in [3.63, 3.8) is 0 Å². The van der Waals surface area contributed by atoms with Gasteiger partial charge in [0.25, 0.3) is 0 Å². The smallest absolute Gasteiger partial charge is 0.237 e. The highest BCUT2D eigenvalue weighted by Gasteiger charge is 2.18. The Morgan fingerprint density at radius 2 is 2.17 bits per heavy atom. The largest absolute Gasteiger partial charge is 0.379 e. The Hall–Kier alpha value is -0.300. The number of thioether (sulfide) groups is 1. The van der Waals surface area contributed by atoms with Crippen molar-refractivity contribution in [2.24, 2.45) is 5.73 Å². The van der Waals surface area contributed by atoms with E-state index in [1.165, 1.54) is 0 Å². The van der Waals surface area contributed by atoms with Crippen molar-refractivity contribution in [1.29, 1.82) is 0 Å². The molecule has 1 saturated heterocycles. The molecule has 1 aliphatic heterocycles. The van der Waals surface area contributed by atoms with E-state index < -0.39 is 0 Å². The van der Waals surface area contributed by atoms with Gasteiger partial charge in [0.15, 0.2) is 0 Å². The van der Waals surface area contributed by atoms with Gasteiger partial charge in [0.2, 0.25) is 5.91 Å². The SMILES string of the molecule is CSCC[C@H](N)C(=O)NC(C)CN1CCOCC1. The summed E-state index contributed by atoms with van der Waals surface area (Å²) in [6.45, 7) is 6.35. The molecule has 3 N–H and O–H groups in total. The highest BCUT2D eigenvalue weighted by atomic mass is 32.2. The quantitative estimate of drug-likeness (QED) is 0.679. The van der Waals surface area contributed by atoms with E-state index in [4.69, 9.17) is 10.5 Å². The van der Waals surface area contributed by atoms with E-state index in [-0.39, 0.29) is 18.0 Å². The molecule has 0 aromatic carbocycles. The van der Waals surface area contributed by atoms with Crippen LogP contribution in [0.5, 0.6) is 0 Å². The number of nitrogens with one attached hydrogen (secondary N) is 1. The summed E-state index contributed by atoms with van der Waals surface area (Å²) in [7, 11) is 0. The van der Waals surface area contributed by atoms with Crippen molar-refractivity contribution in [3.8, 4) is 0 Å². The van der Waals surface area contributed by atoms with Gasteiger partial charge in [-0.2, -0.15) is 11.8 Å². The third-order valence-electron chi connectivity index (χ3n) is 2.99. The van der Waals surface area contributed by atoms with Crippen LogP contribution in [0.15, 0.2) is 0 Å². The molecule has 0 bridgehead atoms. The molecule has 0 radical (unpaired) electrons. The lowest BCUT2D eigenvalue weighted by Crippen LogP contribution is -2.50. The van der Waals surface area contributed by atoms with Gasteiger partial charge < -0.3 is 15.8 Å². The lowest BCUT2D eigenvalue weighted by Gasteiger charge is -2.29. The van der Waals surface area contributed by atoms with Gasteiger partial charge in [-0.05, 0) is 25.4 Å². The zero-order valence-corrected chi connectivity index (χ0v) is 12.2. The van der Waals surface area contributed by atoms with Crippen LogP contribution in [0.1, 0.15) is 13.3 Å². The van der Waals surface area contributed by atoms with Crippen LogP contribution in [0.25, 0.3) is 0 Å². The van der Waals surface area contributed by atoms with E-state index in [0.29, 0.717) is 0 Å². The Labute approximate surface area is 114 Å². The normalized spacial score (nSPS) is 20.4. The van der Waals surface area contributed by atoms with Crippen LogP contribution in [0, 0.1) is 0 Å². The predicted octanol–water partition coefficient (Wildman–Crippen LogP) is -0.0963. The number of ether oxygens (including phenoxy) is 1. The maximum absolute atomic E-state index is 11.8. The minimum Gasteiger partial charge on any atom is -0.379 e. The van der Waals surface area contributed by atoms with Crippen LogP contribution in [-0.2, 0) is 9.53 Å². The molecule has 106 valence electrons. The van der Waals surface area contributed by atoms with Gasteiger partial charge in [0.1, 0.15) is 0 Å². The molecule has 0 aliphatic carbocycles. The maximum Gasteiger partial charge on any atom is 0.237 e. The first-order chi connectivity index (χ1) is 8.63. The molecule has 0 saturated carbocycles. The summed E-state index contributed by atoms with van der Waals surface area (Å²) in [5, 5.41) is 2.98. The molecule has 1 amide bonds. The molecule has 6 heteroatoms. The number of hydrogen-bond donors (Lipinski definition) is 2. The molecule has 1 heterocycles. The second-order valence-electron chi connectivity index (χ2n) is 4.71. The van der Waals surface area contributed by atoms with Crippen molar-refractivity contribution >= 4 is 17.7 Å². The molecule has 18 heavy (non-hydrogen) atoms. The summed E-state index contributed by atoms with van der Waals surface area (Å²) in [6, 6.07) is -0.250.